The van der Waals surface area contributed by atoms with E-state index in [4.69, 9.17) is 18.0 Å². The maximum Gasteiger partial charge on any atom is 0.248 e. The van der Waals surface area contributed by atoms with Crippen LogP contribution in [0.2, 0.25) is 0 Å². The van der Waals surface area contributed by atoms with Crippen molar-refractivity contribution in [1.29, 1.82) is 0 Å². The second-order valence-corrected chi connectivity index (χ2v) is 3.71. The average Bonchev–Trinajstić information content (AvgIpc) is 2.28. The van der Waals surface area contributed by atoms with Crippen molar-refractivity contribution in [2.24, 2.45) is 5.73 Å². The number of primary amides is 1. The quantitative estimate of drug-likeness (QED) is 0.700. The molecule has 0 aliphatic rings. The fourth-order valence-electron chi connectivity index (χ4n) is 1.13. The Kier molecular flexibility index (Phi) is 4.59. The number of thiocarbonyl (C=S) groups is 1. The molecule has 0 aliphatic carbocycles. The molecule has 0 aliphatic heterocycles. The van der Waals surface area contributed by atoms with Crippen molar-refractivity contribution in [2.45, 2.75) is 13.3 Å². The number of carbonyl (C=O) groups excluding carboxylic acids is 2. The minimum atomic E-state index is -0.517. The van der Waals surface area contributed by atoms with Gasteiger partial charge in [-0.2, -0.15) is 0 Å². The summed E-state index contributed by atoms with van der Waals surface area (Å²) in [6.45, 7) is 1.73. The topological polar surface area (TPSA) is 84.2 Å². The molecule has 0 saturated carbocycles. The SMILES string of the molecule is CCC(=O)NC(=S)Nc1cccc(C(N)=O)c1. The van der Waals surface area contributed by atoms with Crippen LogP contribution in [0, 0.1) is 0 Å². The van der Waals surface area contributed by atoms with Gasteiger partial charge in [0.2, 0.25) is 11.8 Å². The number of carbonyl (C=O) groups is 2. The maximum absolute atomic E-state index is 11.1. The molecule has 0 bridgehead atoms. The molecule has 6 heteroatoms. The molecule has 0 fully saturated rings. The third kappa shape index (κ3) is 4.20. The van der Waals surface area contributed by atoms with E-state index in [2.05, 4.69) is 10.6 Å². The van der Waals surface area contributed by atoms with Crippen LogP contribution in [0.15, 0.2) is 24.3 Å². The highest BCUT2D eigenvalue weighted by Gasteiger charge is 2.04. The Labute approximate surface area is 104 Å². The molecule has 17 heavy (non-hydrogen) atoms. The van der Waals surface area contributed by atoms with Crippen LogP contribution in [0.3, 0.4) is 0 Å². The van der Waals surface area contributed by atoms with Crippen LogP contribution in [0.1, 0.15) is 23.7 Å². The molecule has 0 radical (unpaired) electrons. The molecule has 1 aromatic rings. The molecule has 0 unspecified atom stereocenters. The highest BCUT2D eigenvalue weighted by molar-refractivity contribution is 7.80. The third-order valence-corrected chi connectivity index (χ3v) is 2.18. The lowest BCUT2D eigenvalue weighted by Gasteiger charge is -2.09. The summed E-state index contributed by atoms with van der Waals surface area (Å²) in [6.07, 6.45) is 0.350. The largest absolute Gasteiger partial charge is 0.366 e. The van der Waals surface area contributed by atoms with Crippen molar-refractivity contribution in [2.75, 3.05) is 5.32 Å². The second-order valence-electron chi connectivity index (χ2n) is 3.30. The van der Waals surface area contributed by atoms with E-state index in [-0.39, 0.29) is 11.0 Å². The average molecular weight is 251 g/mol. The number of hydrogen-bond acceptors (Lipinski definition) is 3. The van der Waals surface area contributed by atoms with Gasteiger partial charge in [0.05, 0.1) is 0 Å². The van der Waals surface area contributed by atoms with Gasteiger partial charge in [-0.25, -0.2) is 0 Å². The fraction of sp³-hybridized carbons (Fsp3) is 0.182. The van der Waals surface area contributed by atoms with Gasteiger partial charge < -0.3 is 16.4 Å². The summed E-state index contributed by atoms with van der Waals surface area (Å²) in [7, 11) is 0. The first kappa shape index (κ1) is 13.1. The van der Waals surface area contributed by atoms with Crippen molar-refractivity contribution in [3.05, 3.63) is 29.8 Å². The lowest BCUT2D eigenvalue weighted by atomic mass is 10.2. The summed E-state index contributed by atoms with van der Waals surface area (Å²) in [5.74, 6) is -0.689. The smallest absolute Gasteiger partial charge is 0.248 e. The summed E-state index contributed by atoms with van der Waals surface area (Å²) >= 11 is 4.93. The first-order chi connectivity index (χ1) is 8.02. The van der Waals surface area contributed by atoms with Crippen LogP contribution >= 0.6 is 12.2 Å². The van der Waals surface area contributed by atoms with E-state index >= 15 is 0 Å². The standard InChI is InChI=1S/C11H13N3O2S/c1-2-9(15)14-11(17)13-8-5-3-4-7(6-8)10(12)16/h3-6H,2H2,1H3,(H2,12,16)(H2,13,14,15,17). The van der Waals surface area contributed by atoms with Gasteiger partial charge in [-0.15, -0.1) is 0 Å². The Balaban J connectivity index is 2.68. The molecule has 1 rings (SSSR count). The zero-order chi connectivity index (χ0) is 12.8. The first-order valence-corrected chi connectivity index (χ1v) is 5.44. The highest BCUT2D eigenvalue weighted by Crippen LogP contribution is 2.09. The molecule has 2 amide bonds. The number of rotatable bonds is 3. The summed E-state index contributed by atoms with van der Waals surface area (Å²) in [5, 5.41) is 5.48. The number of benzene rings is 1. The predicted molar refractivity (Wildman–Crippen MR) is 69.6 cm³/mol. The van der Waals surface area contributed by atoms with Gasteiger partial charge in [0, 0.05) is 17.7 Å². The molecule has 5 nitrogen and oxygen atoms in total. The Morgan fingerprint density at radius 1 is 1.41 bits per heavy atom. The van der Waals surface area contributed by atoms with Crippen molar-refractivity contribution >= 4 is 34.8 Å². The van der Waals surface area contributed by atoms with Crippen LogP contribution in [-0.2, 0) is 4.79 Å². The number of nitrogens with two attached hydrogens (primary N) is 1. The maximum atomic E-state index is 11.1. The summed E-state index contributed by atoms with van der Waals surface area (Å²) in [4.78, 5) is 22.0. The Bertz CT molecular complexity index is 460. The summed E-state index contributed by atoms with van der Waals surface area (Å²) in [6, 6.07) is 6.55. The molecular formula is C11H13N3O2S. The van der Waals surface area contributed by atoms with E-state index in [1.54, 1.807) is 31.2 Å². The van der Waals surface area contributed by atoms with Crippen molar-refractivity contribution in [3.8, 4) is 0 Å². The third-order valence-electron chi connectivity index (χ3n) is 1.98. The molecule has 0 atom stereocenters. The summed E-state index contributed by atoms with van der Waals surface area (Å²) < 4.78 is 0. The van der Waals surface area contributed by atoms with E-state index in [9.17, 15) is 9.59 Å². The van der Waals surface area contributed by atoms with Crippen molar-refractivity contribution in [1.82, 2.24) is 5.32 Å². The zero-order valence-corrected chi connectivity index (χ0v) is 10.1. The minimum Gasteiger partial charge on any atom is -0.366 e. The van der Waals surface area contributed by atoms with E-state index in [0.29, 0.717) is 17.7 Å². The van der Waals surface area contributed by atoms with E-state index in [1.807, 2.05) is 0 Å². The molecule has 0 spiro atoms. The van der Waals surface area contributed by atoms with Gasteiger partial charge in [0.25, 0.3) is 0 Å². The van der Waals surface area contributed by atoms with Gasteiger partial charge in [0.15, 0.2) is 5.11 Å². The zero-order valence-electron chi connectivity index (χ0n) is 9.32. The van der Waals surface area contributed by atoms with Crippen LogP contribution in [-0.4, -0.2) is 16.9 Å². The molecule has 0 saturated heterocycles. The van der Waals surface area contributed by atoms with Gasteiger partial charge in [-0.1, -0.05) is 13.0 Å². The monoisotopic (exact) mass is 251 g/mol. The minimum absolute atomic E-state index is 0.173. The second kappa shape index (κ2) is 5.95. The number of amides is 2. The fourth-order valence-corrected chi connectivity index (χ4v) is 1.36. The Morgan fingerprint density at radius 2 is 2.12 bits per heavy atom. The van der Waals surface area contributed by atoms with Crippen LogP contribution in [0.25, 0.3) is 0 Å². The van der Waals surface area contributed by atoms with Crippen LogP contribution in [0.4, 0.5) is 5.69 Å². The van der Waals surface area contributed by atoms with E-state index < -0.39 is 5.91 Å². The number of hydrogen-bond donors (Lipinski definition) is 3. The number of nitrogens with one attached hydrogen (secondary N) is 2. The van der Waals surface area contributed by atoms with Gasteiger partial charge in [-0.3, -0.25) is 9.59 Å². The van der Waals surface area contributed by atoms with Gasteiger partial charge in [0.1, 0.15) is 0 Å². The lowest BCUT2D eigenvalue weighted by molar-refractivity contribution is -0.119. The highest BCUT2D eigenvalue weighted by atomic mass is 32.1. The molecule has 0 aromatic heterocycles. The molecule has 0 heterocycles. The van der Waals surface area contributed by atoms with Crippen molar-refractivity contribution < 1.29 is 9.59 Å². The Morgan fingerprint density at radius 3 is 2.71 bits per heavy atom. The van der Waals surface area contributed by atoms with Crippen LogP contribution < -0.4 is 16.4 Å². The van der Waals surface area contributed by atoms with Crippen molar-refractivity contribution in [3.63, 3.8) is 0 Å². The van der Waals surface area contributed by atoms with E-state index in [1.165, 1.54) is 0 Å². The first-order valence-electron chi connectivity index (χ1n) is 5.03. The summed E-state index contributed by atoms with van der Waals surface area (Å²) in [5.41, 5.74) is 6.12. The Hall–Kier alpha value is -1.95. The van der Waals surface area contributed by atoms with Gasteiger partial charge >= 0.3 is 0 Å². The van der Waals surface area contributed by atoms with Crippen LogP contribution in [0.5, 0.6) is 0 Å². The van der Waals surface area contributed by atoms with Gasteiger partial charge in [-0.05, 0) is 30.4 Å². The molecule has 90 valence electrons. The molecule has 1 aromatic carbocycles. The van der Waals surface area contributed by atoms with E-state index in [0.717, 1.165) is 0 Å². The molecular weight excluding hydrogens is 238 g/mol. The number of anilines is 1. The molecule has 4 N–H and O–H groups in total. The lowest BCUT2D eigenvalue weighted by Crippen LogP contribution is -2.33. The predicted octanol–water partition coefficient (Wildman–Crippen LogP) is 1.01. The normalized spacial score (nSPS) is 9.47.